The summed E-state index contributed by atoms with van der Waals surface area (Å²) in [4.78, 5) is 13.2. The Morgan fingerprint density at radius 3 is 3.08 bits per heavy atom. The molecular weight excluding hydrogens is 186 g/mol. The summed E-state index contributed by atoms with van der Waals surface area (Å²) in [5.41, 5.74) is 0. The van der Waals surface area contributed by atoms with E-state index in [9.17, 15) is 4.79 Å². The van der Waals surface area contributed by atoms with E-state index in [1.54, 1.807) is 0 Å². The fourth-order valence-electron chi connectivity index (χ4n) is 1.45. The van der Waals surface area contributed by atoms with Crippen molar-refractivity contribution in [3.63, 3.8) is 0 Å². The molecule has 0 saturated carbocycles. The predicted octanol–water partition coefficient (Wildman–Crippen LogP) is 0.987. The summed E-state index contributed by atoms with van der Waals surface area (Å²) in [6, 6.07) is 0. The van der Waals surface area contributed by atoms with Crippen molar-refractivity contribution >= 4 is 17.7 Å². The first-order valence-corrected chi connectivity index (χ1v) is 5.68. The fraction of sp³-hybridized carbons (Fsp3) is 0.889. The summed E-state index contributed by atoms with van der Waals surface area (Å²) in [7, 11) is 1.44. The molecule has 0 N–H and O–H groups in total. The standard InChI is InChI=1S/C9H17NO2S/c1-8-7-10(5-6-13-8)4-3-9(11)12-2/h8H,3-7H2,1-2H3. The predicted molar refractivity (Wildman–Crippen MR) is 55.0 cm³/mol. The monoisotopic (exact) mass is 203 g/mol. The lowest BCUT2D eigenvalue weighted by Crippen LogP contribution is -2.37. The zero-order valence-corrected chi connectivity index (χ0v) is 9.10. The zero-order chi connectivity index (χ0) is 9.68. The molecule has 0 aromatic carbocycles. The fourth-order valence-corrected chi connectivity index (χ4v) is 2.53. The number of carbonyl (C=O) groups excluding carboxylic acids is 1. The third-order valence-corrected chi connectivity index (χ3v) is 3.32. The lowest BCUT2D eigenvalue weighted by Gasteiger charge is -2.29. The van der Waals surface area contributed by atoms with Gasteiger partial charge in [-0.2, -0.15) is 11.8 Å². The maximum absolute atomic E-state index is 10.9. The molecule has 4 heteroatoms. The van der Waals surface area contributed by atoms with Crippen LogP contribution in [0.2, 0.25) is 0 Å². The smallest absolute Gasteiger partial charge is 0.306 e. The minimum Gasteiger partial charge on any atom is -0.469 e. The number of esters is 1. The highest BCUT2D eigenvalue weighted by atomic mass is 32.2. The highest BCUT2D eigenvalue weighted by molar-refractivity contribution is 7.99. The van der Waals surface area contributed by atoms with Crippen LogP contribution in [0.1, 0.15) is 13.3 Å². The molecular formula is C9H17NO2S. The van der Waals surface area contributed by atoms with Gasteiger partial charge in [0.05, 0.1) is 13.5 Å². The van der Waals surface area contributed by atoms with E-state index in [-0.39, 0.29) is 5.97 Å². The molecule has 1 heterocycles. The first kappa shape index (κ1) is 10.9. The van der Waals surface area contributed by atoms with Gasteiger partial charge in [-0.15, -0.1) is 0 Å². The van der Waals surface area contributed by atoms with Crippen LogP contribution in [0.4, 0.5) is 0 Å². The molecule has 3 nitrogen and oxygen atoms in total. The number of hydrogen-bond donors (Lipinski definition) is 0. The molecule has 76 valence electrons. The molecule has 13 heavy (non-hydrogen) atoms. The molecule has 0 amide bonds. The molecule has 1 rings (SSSR count). The first-order chi connectivity index (χ1) is 6.22. The Morgan fingerprint density at radius 2 is 2.46 bits per heavy atom. The van der Waals surface area contributed by atoms with E-state index in [1.807, 2.05) is 11.8 Å². The number of carbonyl (C=O) groups is 1. The molecule has 0 aromatic heterocycles. The van der Waals surface area contributed by atoms with Crippen LogP contribution in [0.25, 0.3) is 0 Å². The number of hydrogen-bond acceptors (Lipinski definition) is 4. The second-order valence-electron chi connectivity index (χ2n) is 3.31. The van der Waals surface area contributed by atoms with Crippen molar-refractivity contribution in [3.8, 4) is 0 Å². The highest BCUT2D eigenvalue weighted by Gasteiger charge is 2.16. The minimum atomic E-state index is -0.106. The van der Waals surface area contributed by atoms with Gasteiger partial charge >= 0.3 is 5.97 Å². The van der Waals surface area contributed by atoms with E-state index >= 15 is 0 Å². The highest BCUT2D eigenvalue weighted by Crippen LogP contribution is 2.17. The molecule has 0 bridgehead atoms. The van der Waals surface area contributed by atoms with Gasteiger partial charge in [0.2, 0.25) is 0 Å². The second kappa shape index (κ2) is 5.50. The quantitative estimate of drug-likeness (QED) is 0.640. The van der Waals surface area contributed by atoms with Gasteiger partial charge < -0.3 is 9.64 Å². The molecule has 0 spiro atoms. The summed E-state index contributed by atoms with van der Waals surface area (Å²) in [5, 5.41) is 0.700. The van der Waals surface area contributed by atoms with Crippen molar-refractivity contribution in [2.75, 3.05) is 32.5 Å². The Hall–Kier alpha value is -0.220. The lowest BCUT2D eigenvalue weighted by atomic mass is 10.3. The maximum Gasteiger partial charge on any atom is 0.306 e. The molecule has 0 radical (unpaired) electrons. The van der Waals surface area contributed by atoms with E-state index in [0.29, 0.717) is 11.7 Å². The van der Waals surface area contributed by atoms with Crippen molar-refractivity contribution in [2.45, 2.75) is 18.6 Å². The van der Waals surface area contributed by atoms with Crippen LogP contribution in [0.15, 0.2) is 0 Å². The van der Waals surface area contributed by atoms with Gasteiger partial charge in [-0.3, -0.25) is 4.79 Å². The van der Waals surface area contributed by atoms with Crippen LogP contribution in [-0.4, -0.2) is 48.6 Å². The van der Waals surface area contributed by atoms with Gasteiger partial charge in [0.15, 0.2) is 0 Å². The summed E-state index contributed by atoms with van der Waals surface area (Å²) < 4.78 is 4.60. The summed E-state index contributed by atoms with van der Waals surface area (Å²) in [5.74, 6) is 1.08. The summed E-state index contributed by atoms with van der Waals surface area (Å²) in [6.45, 7) is 5.28. The molecule has 1 saturated heterocycles. The molecule has 1 fully saturated rings. The normalized spacial score (nSPS) is 24.3. The Labute approximate surface area is 83.8 Å². The molecule has 0 aliphatic carbocycles. The maximum atomic E-state index is 10.9. The van der Waals surface area contributed by atoms with Crippen molar-refractivity contribution in [1.29, 1.82) is 0 Å². The van der Waals surface area contributed by atoms with E-state index < -0.39 is 0 Å². The topological polar surface area (TPSA) is 29.5 Å². The average Bonchev–Trinajstić information content (AvgIpc) is 2.14. The van der Waals surface area contributed by atoms with Crippen LogP contribution in [0, 0.1) is 0 Å². The largest absolute Gasteiger partial charge is 0.469 e. The lowest BCUT2D eigenvalue weighted by molar-refractivity contribution is -0.140. The Kier molecular flexibility index (Phi) is 4.59. The number of ether oxygens (including phenoxy) is 1. The Balaban J connectivity index is 2.17. The van der Waals surface area contributed by atoms with Crippen LogP contribution in [0.5, 0.6) is 0 Å². The second-order valence-corrected chi connectivity index (χ2v) is 4.85. The zero-order valence-electron chi connectivity index (χ0n) is 8.28. The van der Waals surface area contributed by atoms with Crippen molar-refractivity contribution in [1.82, 2.24) is 4.90 Å². The van der Waals surface area contributed by atoms with E-state index in [1.165, 1.54) is 12.9 Å². The van der Waals surface area contributed by atoms with Gasteiger partial charge in [0.1, 0.15) is 0 Å². The third kappa shape index (κ3) is 4.00. The van der Waals surface area contributed by atoms with Crippen molar-refractivity contribution in [2.24, 2.45) is 0 Å². The van der Waals surface area contributed by atoms with Crippen LogP contribution < -0.4 is 0 Å². The molecule has 1 aliphatic rings. The number of rotatable bonds is 3. The SMILES string of the molecule is COC(=O)CCN1CCSC(C)C1. The van der Waals surface area contributed by atoms with Crippen LogP contribution in [-0.2, 0) is 9.53 Å². The number of methoxy groups -OCH3 is 1. The van der Waals surface area contributed by atoms with Gasteiger partial charge in [-0.05, 0) is 0 Å². The average molecular weight is 203 g/mol. The van der Waals surface area contributed by atoms with Crippen molar-refractivity contribution in [3.05, 3.63) is 0 Å². The number of nitrogens with zero attached hydrogens (tertiary/aromatic N) is 1. The molecule has 1 aliphatic heterocycles. The van der Waals surface area contributed by atoms with Crippen LogP contribution >= 0.6 is 11.8 Å². The van der Waals surface area contributed by atoms with Gasteiger partial charge in [0, 0.05) is 30.6 Å². The van der Waals surface area contributed by atoms with E-state index in [0.717, 1.165) is 19.6 Å². The minimum absolute atomic E-state index is 0.106. The number of thioether (sulfide) groups is 1. The first-order valence-electron chi connectivity index (χ1n) is 4.63. The van der Waals surface area contributed by atoms with E-state index in [4.69, 9.17) is 0 Å². The van der Waals surface area contributed by atoms with E-state index in [2.05, 4.69) is 16.6 Å². The summed E-state index contributed by atoms with van der Waals surface area (Å²) >= 11 is 2.00. The Morgan fingerprint density at radius 1 is 1.69 bits per heavy atom. The van der Waals surface area contributed by atoms with Crippen molar-refractivity contribution < 1.29 is 9.53 Å². The Bertz CT molecular complexity index is 175. The van der Waals surface area contributed by atoms with Gasteiger partial charge in [0.25, 0.3) is 0 Å². The molecule has 0 aromatic rings. The van der Waals surface area contributed by atoms with Gasteiger partial charge in [-0.1, -0.05) is 6.92 Å². The third-order valence-electron chi connectivity index (χ3n) is 2.19. The van der Waals surface area contributed by atoms with Gasteiger partial charge in [-0.25, -0.2) is 0 Å². The molecule has 1 atom stereocenters. The summed E-state index contributed by atoms with van der Waals surface area (Å²) in [6.07, 6.45) is 0.522. The van der Waals surface area contributed by atoms with Crippen LogP contribution in [0.3, 0.4) is 0 Å². The molecule has 1 unspecified atom stereocenters.